The van der Waals surface area contributed by atoms with Crippen molar-refractivity contribution in [2.45, 2.75) is 6.61 Å². The number of nitrogens with zero attached hydrogens (tertiary/aromatic N) is 2. The number of benzene rings is 2. The van der Waals surface area contributed by atoms with E-state index in [-0.39, 0.29) is 6.61 Å². The third-order valence-corrected chi connectivity index (χ3v) is 3.10. The minimum Gasteiger partial charge on any atom is -0.484 e. The molecule has 2 aromatic carbocycles. The van der Waals surface area contributed by atoms with E-state index in [4.69, 9.17) is 26.6 Å². The Balaban J connectivity index is 1.71. The van der Waals surface area contributed by atoms with Crippen LogP contribution < -0.4 is 10.5 Å². The molecule has 1 aromatic heterocycles. The van der Waals surface area contributed by atoms with Crippen LogP contribution in [-0.4, -0.2) is 10.1 Å². The minimum atomic E-state index is 0.182. The zero-order chi connectivity index (χ0) is 14.7. The van der Waals surface area contributed by atoms with E-state index >= 15 is 0 Å². The van der Waals surface area contributed by atoms with Crippen LogP contribution in [0.5, 0.6) is 5.75 Å². The number of halogens is 1. The van der Waals surface area contributed by atoms with Crippen molar-refractivity contribution in [2.24, 2.45) is 0 Å². The quantitative estimate of drug-likeness (QED) is 0.746. The number of hydrogen-bond donors (Lipinski definition) is 1. The molecule has 0 unspecified atom stereocenters. The van der Waals surface area contributed by atoms with Crippen molar-refractivity contribution in [3.63, 3.8) is 0 Å². The number of hydrogen-bond acceptors (Lipinski definition) is 5. The maximum absolute atomic E-state index is 5.88. The van der Waals surface area contributed by atoms with Gasteiger partial charge in [0.05, 0.1) is 0 Å². The van der Waals surface area contributed by atoms with Crippen LogP contribution in [0.1, 0.15) is 5.89 Å². The molecule has 21 heavy (non-hydrogen) atoms. The number of rotatable bonds is 4. The first kappa shape index (κ1) is 13.5. The molecule has 6 heteroatoms. The van der Waals surface area contributed by atoms with Gasteiger partial charge in [-0.05, 0) is 36.4 Å². The SMILES string of the molecule is Nc1ccccc1-c1noc(COc2ccc(Cl)cc2)n1. The van der Waals surface area contributed by atoms with Crippen LogP contribution in [0.15, 0.2) is 53.1 Å². The number of nitrogen functional groups attached to an aromatic ring is 1. The monoisotopic (exact) mass is 301 g/mol. The van der Waals surface area contributed by atoms with Crippen LogP contribution in [0, 0.1) is 0 Å². The molecule has 0 fully saturated rings. The van der Waals surface area contributed by atoms with Gasteiger partial charge in [0, 0.05) is 16.3 Å². The summed E-state index contributed by atoms with van der Waals surface area (Å²) in [7, 11) is 0. The third kappa shape index (κ3) is 3.14. The topological polar surface area (TPSA) is 74.2 Å². The molecular formula is C15H12ClN3O2. The smallest absolute Gasteiger partial charge is 0.264 e. The molecule has 0 bridgehead atoms. The lowest BCUT2D eigenvalue weighted by atomic mass is 10.2. The average Bonchev–Trinajstić information content (AvgIpc) is 2.96. The van der Waals surface area contributed by atoms with Crippen LogP contribution in [0.25, 0.3) is 11.4 Å². The molecular weight excluding hydrogens is 290 g/mol. The second kappa shape index (κ2) is 5.85. The number of nitrogens with two attached hydrogens (primary N) is 1. The van der Waals surface area contributed by atoms with E-state index in [1.54, 1.807) is 30.3 Å². The van der Waals surface area contributed by atoms with Crippen molar-refractivity contribution in [1.82, 2.24) is 10.1 Å². The summed E-state index contributed by atoms with van der Waals surface area (Å²) in [5, 5.41) is 4.56. The summed E-state index contributed by atoms with van der Waals surface area (Å²) in [6.07, 6.45) is 0. The minimum absolute atomic E-state index is 0.182. The van der Waals surface area contributed by atoms with Gasteiger partial charge in [0.2, 0.25) is 5.82 Å². The maximum atomic E-state index is 5.88. The van der Waals surface area contributed by atoms with Gasteiger partial charge in [0.1, 0.15) is 5.75 Å². The zero-order valence-electron chi connectivity index (χ0n) is 11.0. The van der Waals surface area contributed by atoms with Crippen molar-refractivity contribution in [1.29, 1.82) is 0 Å². The molecule has 3 aromatic rings. The predicted octanol–water partition coefficient (Wildman–Crippen LogP) is 3.55. The highest BCUT2D eigenvalue weighted by atomic mass is 35.5. The Morgan fingerprint density at radius 3 is 2.62 bits per heavy atom. The van der Waals surface area contributed by atoms with E-state index in [1.807, 2.05) is 18.2 Å². The highest BCUT2D eigenvalue weighted by Crippen LogP contribution is 2.23. The fourth-order valence-corrected chi connectivity index (χ4v) is 1.93. The van der Waals surface area contributed by atoms with Crippen molar-refractivity contribution >= 4 is 17.3 Å². The van der Waals surface area contributed by atoms with Gasteiger partial charge >= 0.3 is 0 Å². The van der Waals surface area contributed by atoms with Gasteiger partial charge in [0.15, 0.2) is 6.61 Å². The highest BCUT2D eigenvalue weighted by Gasteiger charge is 2.11. The van der Waals surface area contributed by atoms with Crippen molar-refractivity contribution in [3.8, 4) is 17.1 Å². The normalized spacial score (nSPS) is 10.5. The van der Waals surface area contributed by atoms with E-state index in [2.05, 4.69) is 10.1 Å². The van der Waals surface area contributed by atoms with Crippen LogP contribution in [0.3, 0.4) is 0 Å². The second-order valence-corrected chi connectivity index (χ2v) is 4.78. The van der Waals surface area contributed by atoms with Crippen molar-refractivity contribution in [3.05, 3.63) is 59.4 Å². The molecule has 0 saturated carbocycles. The van der Waals surface area contributed by atoms with Crippen molar-refractivity contribution < 1.29 is 9.26 Å². The van der Waals surface area contributed by atoms with Gasteiger partial charge in [-0.2, -0.15) is 4.98 Å². The molecule has 0 spiro atoms. The second-order valence-electron chi connectivity index (χ2n) is 4.34. The van der Waals surface area contributed by atoms with Gasteiger partial charge in [-0.1, -0.05) is 28.9 Å². The molecule has 0 atom stereocenters. The van der Waals surface area contributed by atoms with Crippen LogP contribution in [0.4, 0.5) is 5.69 Å². The lowest BCUT2D eigenvalue weighted by Crippen LogP contribution is -1.96. The molecule has 5 nitrogen and oxygen atoms in total. The van der Waals surface area contributed by atoms with Gasteiger partial charge < -0.3 is 15.0 Å². The lowest BCUT2D eigenvalue weighted by Gasteiger charge is -2.02. The summed E-state index contributed by atoms with van der Waals surface area (Å²) in [6.45, 7) is 0.182. The number of aromatic nitrogens is 2. The standard InChI is InChI=1S/C15H12ClN3O2/c16-10-5-7-11(8-6-10)20-9-14-18-15(19-21-14)12-3-1-2-4-13(12)17/h1-8H,9,17H2. The first-order chi connectivity index (χ1) is 10.2. The first-order valence-corrected chi connectivity index (χ1v) is 6.66. The van der Waals surface area contributed by atoms with Gasteiger partial charge in [-0.25, -0.2) is 0 Å². The molecule has 106 valence electrons. The molecule has 0 radical (unpaired) electrons. The Bertz CT molecular complexity index is 741. The predicted molar refractivity (Wildman–Crippen MR) is 79.9 cm³/mol. The van der Waals surface area contributed by atoms with E-state index in [0.29, 0.717) is 28.2 Å². The third-order valence-electron chi connectivity index (χ3n) is 2.85. The zero-order valence-corrected chi connectivity index (χ0v) is 11.7. The summed E-state index contributed by atoms with van der Waals surface area (Å²) in [4.78, 5) is 4.27. The van der Waals surface area contributed by atoms with Gasteiger partial charge in [-0.3, -0.25) is 0 Å². The summed E-state index contributed by atoms with van der Waals surface area (Å²) < 4.78 is 10.7. The highest BCUT2D eigenvalue weighted by molar-refractivity contribution is 6.30. The Kier molecular flexibility index (Phi) is 3.75. The van der Waals surface area contributed by atoms with Crippen molar-refractivity contribution in [2.75, 3.05) is 5.73 Å². The molecule has 1 heterocycles. The van der Waals surface area contributed by atoms with E-state index in [9.17, 15) is 0 Å². The summed E-state index contributed by atoms with van der Waals surface area (Å²) in [5.41, 5.74) is 7.21. The lowest BCUT2D eigenvalue weighted by molar-refractivity contribution is 0.243. The fraction of sp³-hybridized carbons (Fsp3) is 0.0667. The van der Waals surface area contributed by atoms with Gasteiger partial charge in [0.25, 0.3) is 5.89 Å². The van der Waals surface area contributed by atoms with Crippen LogP contribution in [-0.2, 0) is 6.61 Å². The fourth-order valence-electron chi connectivity index (χ4n) is 1.80. The summed E-state index contributed by atoms with van der Waals surface area (Å²) >= 11 is 5.81. The molecule has 2 N–H and O–H groups in total. The Morgan fingerprint density at radius 1 is 1.10 bits per heavy atom. The largest absolute Gasteiger partial charge is 0.484 e. The molecule has 3 rings (SSSR count). The Labute approximate surface area is 126 Å². The summed E-state index contributed by atoms with van der Waals surface area (Å²) in [5.74, 6) is 1.50. The Morgan fingerprint density at radius 2 is 1.86 bits per heavy atom. The molecule has 0 saturated heterocycles. The van der Waals surface area contributed by atoms with Crippen LogP contribution >= 0.6 is 11.6 Å². The Hall–Kier alpha value is -2.53. The maximum Gasteiger partial charge on any atom is 0.264 e. The molecule has 0 aliphatic carbocycles. The van der Waals surface area contributed by atoms with Gasteiger partial charge in [-0.15, -0.1) is 0 Å². The van der Waals surface area contributed by atoms with Crippen LogP contribution in [0.2, 0.25) is 5.02 Å². The molecule has 0 amide bonds. The number of ether oxygens (including phenoxy) is 1. The summed E-state index contributed by atoms with van der Waals surface area (Å²) in [6, 6.07) is 14.4. The average molecular weight is 302 g/mol. The number of anilines is 1. The van der Waals surface area contributed by atoms with E-state index in [0.717, 1.165) is 5.56 Å². The van der Waals surface area contributed by atoms with E-state index in [1.165, 1.54) is 0 Å². The number of para-hydroxylation sites is 1. The molecule has 0 aliphatic heterocycles. The molecule has 0 aliphatic rings. The van der Waals surface area contributed by atoms with E-state index < -0.39 is 0 Å². The first-order valence-electron chi connectivity index (χ1n) is 6.28.